The van der Waals surface area contributed by atoms with Crippen LogP contribution >= 0.6 is 0 Å². The van der Waals surface area contributed by atoms with Crippen LogP contribution < -0.4 is 0 Å². The third kappa shape index (κ3) is 4.36. The summed E-state index contributed by atoms with van der Waals surface area (Å²) in [5.41, 5.74) is 2.91. The van der Waals surface area contributed by atoms with Crippen LogP contribution in [-0.4, -0.2) is 18.7 Å². The lowest BCUT2D eigenvalue weighted by molar-refractivity contribution is 0.0630. The van der Waals surface area contributed by atoms with Crippen molar-refractivity contribution in [2.45, 2.75) is 24.8 Å². The first-order chi connectivity index (χ1) is 15.4. The lowest BCUT2D eigenvalue weighted by atomic mass is 9.97. The molecule has 0 saturated heterocycles. The first-order valence-electron chi connectivity index (χ1n) is 10.2. The van der Waals surface area contributed by atoms with Gasteiger partial charge in [0, 0.05) is 0 Å². The van der Waals surface area contributed by atoms with Crippen LogP contribution in [0.25, 0.3) is 0 Å². The fourth-order valence-corrected chi connectivity index (χ4v) is 5.15. The number of nitrogens with zero attached hydrogens (tertiary/aromatic N) is 1. The molecule has 0 aliphatic carbocycles. The molecule has 5 nitrogen and oxygen atoms in total. The molecule has 1 aliphatic heterocycles. The van der Waals surface area contributed by atoms with E-state index in [4.69, 9.17) is 4.74 Å². The van der Waals surface area contributed by atoms with Crippen molar-refractivity contribution in [2.75, 3.05) is 0 Å². The van der Waals surface area contributed by atoms with Crippen LogP contribution in [0.1, 0.15) is 34.5 Å². The summed E-state index contributed by atoms with van der Waals surface area (Å²) in [6.07, 6.45) is 3.10. The second-order valence-corrected chi connectivity index (χ2v) is 9.48. The van der Waals surface area contributed by atoms with E-state index in [0.29, 0.717) is 5.56 Å². The van der Waals surface area contributed by atoms with E-state index in [9.17, 15) is 13.2 Å². The molecule has 32 heavy (non-hydrogen) atoms. The van der Waals surface area contributed by atoms with E-state index in [0.717, 1.165) is 16.7 Å². The van der Waals surface area contributed by atoms with Gasteiger partial charge in [-0.2, -0.15) is 0 Å². The Morgan fingerprint density at radius 3 is 2.06 bits per heavy atom. The van der Waals surface area contributed by atoms with Crippen LogP contribution in [0.3, 0.4) is 0 Å². The molecule has 1 atom stereocenters. The van der Waals surface area contributed by atoms with E-state index in [1.807, 2.05) is 44.2 Å². The molecule has 0 saturated carbocycles. The maximum absolute atomic E-state index is 13.6. The Morgan fingerprint density at radius 1 is 0.844 bits per heavy atom. The van der Waals surface area contributed by atoms with Gasteiger partial charge in [-0.25, -0.2) is 13.2 Å². The topological polar surface area (TPSA) is 63.7 Å². The van der Waals surface area contributed by atoms with Gasteiger partial charge >= 0.3 is 5.97 Å². The molecule has 162 valence electrons. The second-order valence-electron chi connectivity index (χ2n) is 7.64. The van der Waals surface area contributed by atoms with Crippen LogP contribution in [0.15, 0.2) is 113 Å². The summed E-state index contributed by atoms with van der Waals surface area (Å²) in [5, 5.41) is 0. The summed E-state index contributed by atoms with van der Waals surface area (Å²) in [6, 6.07) is 24.1. The smallest absolute Gasteiger partial charge is 0.343 e. The molecular weight excluding hydrogens is 422 g/mol. The number of carbonyl (C=O) groups is 1. The Hall–Kier alpha value is -3.64. The number of benzene rings is 3. The van der Waals surface area contributed by atoms with Crippen molar-refractivity contribution in [1.82, 2.24) is 4.31 Å². The summed E-state index contributed by atoms with van der Waals surface area (Å²) in [7, 11) is -3.92. The van der Waals surface area contributed by atoms with E-state index < -0.39 is 22.0 Å². The Morgan fingerprint density at radius 2 is 1.44 bits per heavy atom. The number of hydrogen-bond donors (Lipinski definition) is 0. The Labute approximate surface area is 188 Å². The van der Waals surface area contributed by atoms with Gasteiger partial charge in [0.05, 0.1) is 22.7 Å². The number of ether oxygens (including phenoxy) is 1. The SMILES string of the molecule is CC1=CC(OC(=O)c2ccccc2)=CN(S(=O)(=O)c2ccc(C)cc2)C1c1ccccc1. The zero-order chi connectivity index (χ0) is 22.7. The van der Waals surface area contributed by atoms with Crippen molar-refractivity contribution in [3.05, 3.63) is 125 Å². The minimum Gasteiger partial charge on any atom is -0.421 e. The summed E-state index contributed by atoms with van der Waals surface area (Å²) in [4.78, 5) is 12.7. The normalized spacial score (nSPS) is 16.2. The molecule has 1 heterocycles. The highest BCUT2D eigenvalue weighted by Crippen LogP contribution is 2.38. The maximum Gasteiger partial charge on any atom is 0.343 e. The molecule has 0 amide bonds. The number of carbonyl (C=O) groups excluding carboxylic acids is 1. The third-order valence-corrected chi connectivity index (χ3v) is 6.98. The molecule has 0 radical (unpaired) electrons. The Kier molecular flexibility index (Phi) is 5.97. The highest BCUT2D eigenvalue weighted by atomic mass is 32.2. The quantitative estimate of drug-likeness (QED) is 0.494. The van der Waals surface area contributed by atoms with Crippen LogP contribution in [-0.2, 0) is 14.8 Å². The van der Waals surface area contributed by atoms with Gasteiger partial charge in [-0.1, -0.05) is 66.2 Å². The van der Waals surface area contributed by atoms with Crippen LogP contribution in [0, 0.1) is 6.92 Å². The van der Waals surface area contributed by atoms with E-state index >= 15 is 0 Å². The van der Waals surface area contributed by atoms with Crippen LogP contribution in [0.5, 0.6) is 0 Å². The average Bonchev–Trinajstić information content (AvgIpc) is 2.80. The highest BCUT2D eigenvalue weighted by molar-refractivity contribution is 7.89. The van der Waals surface area contributed by atoms with E-state index in [2.05, 4.69) is 0 Å². The number of aryl methyl sites for hydroxylation is 1. The van der Waals surface area contributed by atoms with Gasteiger partial charge in [-0.3, -0.25) is 4.31 Å². The number of allylic oxidation sites excluding steroid dienone is 1. The minimum atomic E-state index is -3.92. The molecule has 0 aromatic heterocycles. The van der Waals surface area contributed by atoms with Crippen LogP contribution in [0.2, 0.25) is 0 Å². The van der Waals surface area contributed by atoms with Crippen molar-refractivity contribution in [3.8, 4) is 0 Å². The lowest BCUT2D eigenvalue weighted by Gasteiger charge is -2.34. The largest absolute Gasteiger partial charge is 0.421 e. The molecule has 4 rings (SSSR count). The molecule has 1 aliphatic rings. The maximum atomic E-state index is 13.6. The van der Waals surface area contributed by atoms with Crippen LogP contribution in [0.4, 0.5) is 0 Å². The summed E-state index contributed by atoms with van der Waals surface area (Å²) in [6.45, 7) is 3.73. The van der Waals surface area contributed by atoms with Crippen molar-refractivity contribution in [2.24, 2.45) is 0 Å². The summed E-state index contributed by atoms with van der Waals surface area (Å²) < 4.78 is 34.1. The molecule has 6 heteroatoms. The van der Waals surface area contributed by atoms with Gasteiger partial charge in [0.15, 0.2) is 0 Å². The van der Waals surface area contributed by atoms with Gasteiger partial charge in [-0.05, 0) is 55.3 Å². The van der Waals surface area contributed by atoms with E-state index in [1.54, 1.807) is 60.7 Å². The fourth-order valence-electron chi connectivity index (χ4n) is 3.62. The van der Waals surface area contributed by atoms with Crippen molar-refractivity contribution >= 4 is 16.0 Å². The predicted octanol–water partition coefficient (Wildman–Crippen LogP) is 5.39. The van der Waals surface area contributed by atoms with Gasteiger partial charge in [-0.15, -0.1) is 0 Å². The molecule has 3 aromatic carbocycles. The predicted molar refractivity (Wildman–Crippen MR) is 123 cm³/mol. The lowest BCUT2D eigenvalue weighted by Crippen LogP contribution is -2.34. The summed E-state index contributed by atoms with van der Waals surface area (Å²) >= 11 is 0. The summed E-state index contributed by atoms with van der Waals surface area (Å²) in [5.74, 6) is -0.383. The first kappa shape index (κ1) is 21.6. The molecule has 0 fully saturated rings. The Bertz CT molecular complexity index is 1280. The van der Waals surface area contributed by atoms with Gasteiger partial charge in [0.2, 0.25) is 0 Å². The zero-order valence-electron chi connectivity index (χ0n) is 17.8. The minimum absolute atomic E-state index is 0.166. The third-order valence-electron chi connectivity index (χ3n) is 5.24. The van der Waals surface area contributed by atoms with Crippen molar-refractivity contribution in [3.63, 3.8) is 0 Å². The fraction of sp³-hybridized carbons (Fsp3) is 0.115. The first-order valence-corrected chi connectivity index (χ1v) is 11.6. The average molecular weight is 446 g/mol. The Balaban J connectivity index is 1.76. The number of hydrogen-bond acceptors (Lipinski definition) is 4. The van der Waals surface area contributed by atoms with Crippen molar-refractivity contribution < 1.29 is 17.9 Å². The van der Waals surface area contributed by atoms with Gasteiger partial charge in [0.25, 0.3) is 10.0 Å². The monoisotopic (exact) mass is 445 g/mol. The molecule has 0 bridgehead atoms. The van der Waals surface area contributed by atoms with E-state index in [1.165, 1.54) is 10.5 Å². The molecule has 1 unspecified atom stereocenters. The van der Waals surface area contributed by atoms with Gasteiger partial charge in [0.1, 0.15) is 5.76 Å². The number of rotatable bonds is 5. The van der Waals surface area contributed by atoms with E-state index in [-0.39, 0.29) is 10.7 Å². The number of sulfonamides is 1. The standard InChI is InChI=1S/C26H23NO4S/c1-19-13-15-24(16-14-19)32(29,30)27-18-23(31-26(28)22-11-7-4-8-12-22)17-20(2)25(27)21-9-5-3-6-10-21/h3-18,25H,1-2H3. The van der Waals surface area contributed by atoms with Crippen molar-refractivity contribution in [1.29, 1.82) is 0 Å². The number of esters is 1. The molecule has 0 spiro atoms. The second kappa shape index (κ2) is 8.85. The molecule has 0 N–H and O–H groups in total. The highest BCUT2D eigenvalue weighted by Gasteiger charge is 2.34. The zero-order valence-corrected chi connectivity index (χ0v) is 18.6. The molecule has 3 aromatic rings. The van der Waals surface area contributed by atoms with Gasteiger partial charge < -0.3 is 4.74 Å². The molecular formula is C26H23NO4S.